The van der Waals surface area contributed by atoms with Gasteiger partial charge in [-0.2, -0.15) is 0 Å². The first kappa shape index (κ1) is 14.1. The van der Waals surface area contributed by atoms with Gasteiger partial charge >= 0.3 is 0 Å². The highest BCUT2D eigenvalue weighted by Crippen LogP contribution is 2.16. The van der Waals surface area contributed by atoms with E-state index < -0.39 is 11.7 Å². The van der Waals surface area contributed by atoms with Crippen molar-refractivity contribution in [1.29, 1.82) is 0 Å². The largest absolute Gasteiger partial charge is 0.395 e. The van der Waals surface area contributed by atoms with E-state index in [0.29, 0.717) is 4.47 Å². The average molecular weight is 306 g/mol. The van der Waals surface area contributed by atoms with Gasteiger partial charge in [0, 0.05) is 17.6 Å². The van der Waals surface area contributed by atoms with Crippen LogP contribution in [0.4, 0.5) is 4.39 Å². The summed E-state index contributed by atoms with van der Waals surface area (Å²) in [5.41, 5.74) is -0.0740. The third-order valence-electron chi connectivity index (χ3n) is 2.19. The predicted octanol–water partition coefficient (Wildman–Crippen LogP) is 1.01. The zero-order valence-corrected chi connectivity index (χ0v) is 10.7. The van der Waals surface area contributed by atoms with Crippen LogP contribution in [-0.4, -0.2) is 47.3 Å². The quantitative estimate of drug-likeness (QED) is 0.854. The Hall–Kier alpha value is -0.980. The molecule has 0 saturated carbocycles. The van der Waals surface area contributed by atoms with Gasteiger partial charge in [-0.25, -0.2) is 4.39 Å². The monoisotopic (exact) mass is 305 g/mol. The van der Waals surface area contributed by atoms with Gasteiger partial charge in [0.1, 0.15) is 5.82 Å². The number of benzene rings is 1. The lowest BCUT2D eigenvalue weighted by molar-refractivity contribution is 0.0680. The first-order chi connectivity index (χ1) is 8.10. The van der Waals surface area contributed by atoms with Crippen LogP contribution in [-0.2, 0) is 0 Å². The van der Waals surface area contributed by atoms with Crippen molar-refractivity contribution < 1.29 is 19.4 Å². The molecule has 94 valence electrons. The van der Waals surface area contributed by atoms with Crippen LogP contribution in [0, 0.1) is 5.82 Å². The number of nitrogens with zero attached hydrogens (tertiary/aromatic N) is 1. The number of aliphatic hydroxyl groups excluding tert-OH is 2. The minimum Gasteiger partial charge on any atom is -0.395 e. The Morgan fingerprint density at radius 2 is 1.88 bits per heavy atom. The topological polar surface area (TPSA) is 60.8 Å². The zero-order valence-electron chi connectivity index (χ0n) is 9.07. The average Bonchev–Trinajstić information content (AvgIpc) is 2.28. The summed E-state index contributed by atoms with van der Waals surface area (Å²) in [6.07, 6.45) is 0. The second-order valence-corrected chi connectivity index (χ2v) is 4.28. The van der Waals surface area contributed by atoms with Crippen LogP contribution in [0.5, 0.6) is 0 Å². The maximum atomic E-state index is 13.5. The fraction of sp³-hybridized carbons (Fsp3) is 0.364. The Bertz CT molecular complexity index is 394. The van der Waals surface area contributed by atoms with Crippen LogP contribution >= 0.6 is 15.9 Å². The third kappa shape index (κ3) is 3.76. The Labute approximate surface area is 107 Å². The van der Waals surface area contributed by atoms with E-state index >= 15 is 0 Å². The summed E-state index contributed by atoms with van der Waals surface area (Å²) in [6.45, 7) is -0.336. The molecule has 17 heavy (non-hydrogen) atoms. The second kappa shape index (κ2) is 6.68. The van der Waals surface area contributed by atoms with Crippen LogP contribution < -0.4 is 0 Å². The highest BCUT2D eigenvalue weighted by molar-refractivity contribution is 9.10. The van der Waals surface area contributed by atoms with Gasteiger partial charge in [-0.1, -0.05) is 15.9 Å². The molecule has 1 amide bonds. The first-order valence-corrected chi connectivity index (χ1v) is 5.85. The van der Waals surface area contributed by atoms with E-state index in [1.54, 1.807) is 6.07 Å². The molecule has 0 heterocycles. The number of hydrogen-bond donors (Lipinski definition) is 2. The Balaban J connectivity index is 2.92. The summed E-state index contributed by atoms with van der Waals surface area (Å²) in [5, 5.41) is 17.6. The summed E-state index contributed by atoms with van der Waals surface area (Å²) in [7, 11) is 0. The van der Waals surface area contributed by atoms with E-state index in [4.69, 9.17) is 10.2 Å². The van der Waals surface area contributed by atoms with E-state index in [-0.39, 0.29) is 31.9 Å². The van der Waals surface area contributed by atoms with E-state index in [1.807, 2.05) is 0 Å². The van der Waals surface area contributed by atoms with Gasteiger partial charge in [-0.05, 0) is 18.2 Å². The SMILES string of the molecule is O=C(c1ccc(Br)cc1F)N(CCO)CCO. The first-order valence-electron chi connectivity index (χ1n) is 5.06. The molecule has 0 bridgehead atoms. The highest BCUT2D eigenvalue weighted by atomic mass is 79.9. The lowest BCUT2D eigenvalue weighted by Crippen LogP contribution is -2.36. The molecule has 2 N–H and O–H groups in total. The molecule has 4 nitrogen and oxygen atoms in total. The van der Waals surface area contributed by atoms with Crippen molar-refractivity contribution in [3.63, 3.8) is 0 Å². The van der Waals surface area contributed by atoms with Crippen molar-refractivity contribution in [2.75, 3.05) is 26.3 Å². The van der Waals surface area contributed by atoms with E-state index in [1.165, 1.54) is 17.0 Å². The lowest BCUT2D eigenvalue weighted by Gasteiger charge is -2.20. The number of carbonyl (C=O) groups excluding carboxylic acids is 1. The van der Waals surface area contributed by atoms with Crippen LogP contribution in [0.15, 0.2) is 22.7 Å². The van der Waals surface area contributed by atoms with Gasteiger partial charge < -0.3 is 15.1 Å². The maximum Gasteiger partial charge on any atom is 0.256 e. The molecule has 0 fully saturated rings. The minimum atomic E-state index is -0.634. The van der Waals surface area contributed by atoms with Gasteiger partial charge in [-0.15, -0.1) is 0 Å². The number of halogens is 2. The summed E-state index contributed by atoms with van der Waals surface area (Å²) in [5.74, 6) is -1.18. The standard InChI is InChI=1S/C11H13BrFNO3/c12-8-1-2-9(10(13)7-8)11(17)14(3-5-15)4-6-16/h1-2,7,15-16H,3-6H2. The van der Waals surface area contributed by atoms with Crippen LogP contribution in [0.3, 0.4) is 0 Å². The Morgan fingerprint density at radius 1 is 1.29 bits per heavy atom. The molecule has 0 aliphatic heterocycles. The highest BCUT2D eigenvalue weighted by Gasteiger charge is 2.18. The minimum absolute atomic E-state index is 0.0644. The molecule has 0 aliphatic rings. The lowest BCUT2D eigenvalue weighted by atomic mass is 10.2. The predicted molar refractivity (Wildman–Crippen MR) is 64.2 cm³/mol. The normalized spacial score (nSPS) is 10.4. The molecule has 0 aliphatic carbocycles. The number of amides is 1. The number of aliphatic hydroxyl groups is 2. The Morgan fingerprint density at radius 3 is 2.35 bits per heavy atom. The summed E-state index contributed by atoms with van der Waals surface area (Å²) >= 11 is 3.10. The summed E-state index contributed by atoms with van der Waals surface area (Å²) in [6, 6.07) is 4.12. The van der Waals surface area contributed by atoms with Crippen molar-refractivity contribution in [2.24, 2.45) is 0 Å². The van der Waals surface area contributed by atoms with Crippen molar-refractivity contribution >= 4 is 21.8 Å². The van der Waals surface area contributed by atoms with Gasteiger partial charge in [0.2, 0.25) is 0 Å². The van der Waals surface area contributed by atoms with Crippen LogP contribution in [0.1, 0.15) is 10.4 Å². The number of carbonyl (C=O) groups is 1. The second-order valence-electron chi connectivity index (χ2n) is 3.36. The van der Waals surface area contributed by atoms with E-state index in [0.717, 1.165) is 0 Å². The molecule has 1 rings (SSSR count). The summed E-state index contributed by atoms with van der Waals surface area (Å²) < 4.78 is 14.1. The van der Waals surface area contributed by atoms with Gasteiger partial charge in [-0.3, -0.25) is 4.79 Å². The number of rotatable bonds is 5. The van der Waals surface area contributed by atoms with Gasteiger partial charge in [0.25, 0.3) is 5.91 Å². The molecule has 1 aromatic rings. The smallest absolute Gasteiger partial charge is 0.256 e. The molecule has 0 spiro atoms. The van der Waals surface area contributed by atoms with Crippen molar-refractivity contribution in [1.82, 2.24) is 4.90 Å². The fourth-order valence-electron chi connectivity index (χ4n) is 1.39. The van der Waals surface area contributed by atoms with E-state index in [9.17, 15) is 9.18 Å². The molecule has 1 aromatic carbocycles. The van der Waals surface area contributed by atoms with Crippen LogP contribution in [0.2, 0.25) is 0 Å². The van der Waals surface area contributed by atoms with Crippen LogP contribution in [0.25, 0.3) is 0 Å². The molecule has 0 saturated heterocycles. The molecule has 6 heteroatoms. The fourth-order valence-corrected chi connectivity index (χ4v) is 1.72. The molecule has 0 aromatic heterocycles. The molecule has 0 radical (unpaired) electrons. The zero-order chi connectivity index (χ0) is 12.8. The van der Waals surface area contributed by atoms with E-state index in [2.05, 4.69) is 15.9 Å². The van der Waals surface area contributed by atoms with Crippen molar-refractivity contribution in [3.05, 3.63) is 34.1 Å². The van der Waals surface area contributed by atoms with Crippen molar-refractivity contribution in [2.45, 2.75) is 0 Å². The third-order valence-corrected chi connectivity index (χ3v) is 2.68. The molecule has 0 unspecified atom stereocenters. The van der Waals surface area contributed by atoms with Gasteiger partial charge in [0.15, 0.2) is 0 Å². The molecule has 0 atom stereocenters. The summed E-state index contributed by atoms with van der Waals surface area (Å²) in [4.78, 5) is 13.1. The Kier molecular flexibility index (Phi) is 5.54. The maximum absolute atomic E-state index is 13.5. The van der Waals surface area contributed by atoms with Gasteiger partial charge in [0.05, 0.1) is 18.8 Å². The molecular formula is C11H13BrFNO3. The van der Waals surface area contributed by atoms with Crippen molar-refractivity contribution in [3.8, 4) is 0 Å². The molecular weight excluding hydrogens is 293 g/mol. The number of hydrogen-bond acceptors (Lipinski definition) is 3.